The molecule has 0 bridgehead atoms. The Hall–Kier alpha value is -1.60. The van der Waals surface area contributed by atoms with Crippen molar-refractivity contribution in [3.8, 4) is 0 Å². The molecule has 0 amide bonds. The van der Waals surface area contributed by atoms with E-state index in [0.717, 1.165) is 81.1 Å². The fourth-order valence-electron chi connectivity index (χ4n) is 4.02. The van der Waals surface area contributed by atoms with Crippen molar-refractivity contribution in [1.29, 1.82) is 0 Å². The Kier molecular flexibility index (Phi) is 6.75. The molecular weight excluding hydrogens is 409 g/mol. The minimum absolute atomic E-state index is 0.370. The van der Waals surface area contributed by atoms with Gasteiger partial charge < -0.3 is 14.5 Å². The number of rotatable bonds is 5. The van der Waals surface area contributed by atoms with Crippen LogP contribution in [0.15, 0.2) is 30.5 Å². The lowest BCUT2D eigenvalue weighted by Gasteiger charge is -2.38. The summed E-state index contributed by atoms with van der Waals surface area (Å²) in [5.74, 6) is 1.76. The third kappa shape index (κ3) is 5.12. The molecule has 6 nitrogen and oxygen atoms in total. The Morgan fingerprint density at radius 2 is 2.00 bits per heavy atom. The standard InChI is InChI=1S/C21H27Cl2N5O/c1-26(21-24-7-6-20(25-21)28-9-11-29-12-10-28)18-3-2-8-27(15-18)14-16-4-5-17(22)13-19(16)23/h4-7,13,18H,2-3,8-12,14-15H2,1H3. The Labute approximate surface area is 182 Å². The summed E-state index contributed by atoms with van der Waals surface area (Å²) in [5, 5.41) is 1.40. The number of anilines is 2. The van der Waals surface area contributed by atoms with Gasteiger partial charge in [0.25, 0.3) is 0 Å². The first-order valence-electron chi connectivity index (χ1n) is 10.1. The van der Waals surface area contributed by atoms with Crippen LogP contribution < -0.4 is 9.80 Å². The summed E-state index contributed by atoms with van der Waals surface area (Å²) in [6, 6.07) is 8.10. The van der Waals surface area contributed by atoms with Gasteiger partial charge in [-0.2, -0.15) is 4.98 Å². The summed E-state index contributed by atoms with van der Waals surface area (Å²) in [5.41, 5.74) is 1.12. The lowest BCUT2D eigenvalue weighted by atomic mass is 10.0. The fourth-order valence-corrected chi connectivity index (χ4v) is 4.49. The molecule has 1 atom stereocenters. The van der Waals surface area contributed by atoms with Gasteiger partial charge in [0.15, 0.2) is 0 Å². The van der Waals surface area contributed by atoms with Gasteiger partial charge in [-0.1, -0.05) is 29.3 Å². The average molecular weight is 436 g/mol. The highest BCUT2D eigenvalue weighted by Crippen LogP contribution is 2.25. The van der Waals surface area contributed by atoms with Gasteiger partial charge in [0.1, 0.15) is 5.82 Å². The van der Waals surface area contributed by atoms with Crippen LogP contribution in [-0.4, -0.2) is 67.4 Å². The van der Waals surface area contributed by atoms with Crippen LogP contribution in [0, 0.1) is 0 Å². The van der Waals surface area contributed by atoms with Crippen molar-refractivity contribution in [2.75, 3.05) is 56.2 Å². The maximum Gasteiger partial charge on any atom is 0.227 e. The number of aromatic nitrogens is 2. The third-order valence-electron chi connectivity index (χ3n) is 5.72. The van der Waals surface area contributed by atoms with Crippen LogP contribution in [-0.2, 0) is 11.3 Å². The average Bonchev–Trinajstić information content (AvgIpc) is 2.76. The minimum atomic E-state index is 0.370. The van der Waals surface area contributed by atoms with Crippen LogP contribution in [0.4, 0.5) is 11.8 Å². The van der Waals surface area contributed by atoms with Crippen molar-refractivity contribution in [1.82, 2.24) is 14.9 Å². The molecule has 2 aliphatic rings. The smallest absolute Gasteiger partial charge is 0.227 e. The molecule has 2 aromatic rings. The van der Waals surface area contributed by atoms with Crippen molar-refractivity contribution in [2.24, 2.45) is 0 Å². The monoisotopic (exact) mass is 435 g/mol. The Morgan fingerprint density at radius 3 is 2.79 bits per heavy atom. The largest absolute Gasteiger partial charge is 0.378 e. The molecule has 0 N–H and O–H groups in total. The SMILES string of the molecule is CN(c1nccc(N2CCOCC2)n1)C1CCCN(Cc2ccc(Cl)cc2Cl)C1. The van der Waals surface area contributed by atoms with Crippen LogP contribution in [0.25, 0.3) is 0 Å². The van der Waals surface area contributed by atoms with E-state index in [1.807, 2.05) is 30.5 Å². The molecule has 3 heterocycles. The number of likely N-dealkylation sites (N-methyl/N-ethyl adjacent to an activating group) is 1. The normalized spacial score (nSPS) is 20.7. The zero-order chi connectivity index (χ0) is 20.2. The van der Waals surface area contributed by atoms with Crippen molar-refractivity contribution < 1.29 is 4.74 Å². The highest BCUT2D eigenvalue weighted by Gasteiger charge is 2.26. The number of piperidine rings is 1. The topological polar surface area (TPSA) is 44.7 Å². The van der Waals surface area contributed by atoms with E-state index in [9.17, 15) is 0 Å². The molecule has 29 heavy (non-hydrogen) atoms. The highest BCUT2D eigenvalue weighted by atomic mass is 35.5. The summed E-state index contributed by atoms with van der Waals surface area (Å²) in [4.78, 5) is 16.3. The first-order chi connectivity index (χ1) is 14.1. The lowest BCUT2D eigenvalue weighted by molar-refractivity contribution is 0.122. The van der Waals surface area contributed by atoms with Crippen LogP contribution in [0.3, 0.4) is 0 Å². The highest BCUT2D eigenvalue weighted by molar-refractivity contribution is 6.35. The summed E-state index contributed by atoms with van der Waals surface area (Å²) in [6.07, 6.45) is 4.13. The Morgan fingerprint density at radius 1 is 1.17 bits per heavy atom. The summed E-state index contributed by atoms with van der Waals surface area (Å²) < 4.78 is 5.45. The van der Waals surface area contributed by atoms with E-state index in [1.165, 1.54) is 0 Å². The van der Waals surface area contributed by atoms with Gasteiger partial charge in [-0.15, -0.1) is 0 Å². The van der Waals surface area contributed by atoms with Crippen molar-refractivity contribution in [2.45, 2.75) is 25.4 Å². The van der Waals surface area contributed by atoms with Gasteiger partial charge in [0.2, 0.25) is 5.95 Å². The first-order valence-corrected chi connectivity index (χ1v) is 10.9. The van der Waals surface area contributed by atoms with Gasteiger partial charge in [-0.3, -0.25) is 4.90 Å². The fraction of sp³-hybridized carbons (Fsp3) is 0.524. The molecule has 2 aliphatic heterocycles. The summed E-state index contributed by atoms with van der Waals surface area (Å²) >= 11 is 12.4. The maximum absolute atomic E-state index is 6.38. The van der Waals surface area contributed by atoms with Gasteiger partial charge >= 0.3 is 0 Å². The molecule has 8 heteroatoms. The van der Waals surface area contributed by atoms with E-state index < -0.39 is 0 Å². The quantitative estimate of drug-likeness (QED) is 0.712. The second kappa shape index (κ2) is 9.47. The van der Waals surface area contributed by atoms with Crippen LogP contribution in [0.2, 0.25) is 10.0 Å². The number of likely N-dealkylation sites (tertiary alicyclic amines) is 1. The minimum Gasteiger partial charge on any atom is -0.378 e. The molecule has 156 valence electrons. The molecule has 2 fully saturated rings. The van der Waals surface area contributed by atoms with E-state index in [1.54, 1.807) is 0 Å². The van der Waals surface area contributed by atoms with E-state index in [-0.39, 0.29) is 0 Å². The summed E-state index contributed by atoms with van der Waals surface area (Å²) in [6.45, 7) is 6.10. The zero-order valence-corrected chi connectivity index (χ0v) is 18.2. The number of hydrogen-bond acceptors (Lipinski definition) is 6. The van der Waals surface area contributed by atoms with E-state index in [2.05, 4.69) is 26.7 Å². The summed E-state index contributed by atoms with van der Waals surface area (Å²) in [7, 11) is 2.10. The van der Waals surface area contributed by atoms with Gasteiger partial charge in [0.05, 0.1) is 13.2 Å². The van der Waals surface area contributed by atoms with Crippen molar-refractivity contribution in [3.63, 3.8) is 0 Å². The molecule has 0 spiro atoms. The van der Waals surface area contributed by atoms with Crippen LogP contribution in [0.1, 0.15) is 18.4 Å². The van der Waals surface area contributed by atoms with E-state index in [4.69, 9.17) is 32.9 Å². The van der Waals surface area contributed by atoms with Gasteiger partial charge in [-0.25, -0.2) is 4.98 Å². The molecule has 2 saturated heterocycles. The number of ether oxygens (including phenoxy) is 1. The molecule has 1 aromatic heterocycles. The molecule has 0 aliphatic carbocycles. The second-order valence-electron chi connectivity index (χ2n) is 7.69. The number of hydrogen-bond donors (Lipinski definition) is 0. The number of morpholine rings is 1. The zero-order valence-electron chi connectivity index (χ0n) is 16.7. The third-order valence-corrected chi connectivity index (χ3v) is 6.30. The van der Waals surface area contributed by atoms with Gasteiger partial charge in [-0.05, 0) is 43.1 Å². The molecule has 1 unspecified atom stereocenters. The van der Waals surface area contributed by atoms with Crippen LogP contribution in [0.5, 0.6) is 0 Å². The number of benzene rings is 1. The van der Waals surface area contributed by atoms with E-state index >= 15 is 0 Å². The van der Waals surface area contributed by atoms with Crippen LogP contribution >= 0.6 is 23.2 Å². The Balaban J connectivity index is 1.42. The molecular formula is C21H27Cl2N5O. The second-order valence-corrected chi connectivity index (χ2v) is 8.54. The van der Waals surface area contributed by atoms with Gasteiger partial charge in [0, 0.05) is 55.5 Å². The molecule has 0 saturated carbocycles. The first kappa shape index (κ1) is 20.7. The molecule has 0 radical (unpaired) electrons. The predicted molar refractivity (Wildman–Crippen MR) is 118 cm³/mol. The van der Waals surface area contributed by atoms with Crippen molar-refractivity contribution >= 4 is 35.0 Å². The maximum atomic E-state index is 6.38. The predicted octanol–water partition coefficient (Wildman–Crippen LogP) is 3.72. The Bertz CT molecular complexity index is 830. The molecule has 1 aromatic carbocycles. The van der Waals surface area contributed by atoms with E-state index in [0.29, 0.717) is 11.1 Å². The number of halogens is 2. The number of nitrogens with zero attached hydrogens (tertiary/aromatic N) is 5. The lowest BCUT2D eigenvalue weighted by Crippen LogP contribution is -2.47. The molecule has 4 rings (SSSR count). The van der Waals surface area contributed by atoms with Crippen molar-refractivity contribution in [3.05, 3.63) is 46.1 Å².